The van der Waals surface area contributed by atoms with Crippen LogP contribution in [0.5, 0.6) is 0 Å². The van der Waals surface area contributed by atoms with Crippen LogP contribution >= 0.6 is 0 Å². The van der Waals surface area contributed by atoms with Gasteiger partial charge < -0.3 is 0 Å². The molecule has 0 spiro atoms. The number of rotatable bonds is 4. The molecule has 0 bridgehead atoms. The lowest BCUT2D eigenvalue weighted by molar-refractivity contribution is -0.121. The van der Waals surface area contributed by atoms with Crippen LogP contribution in [-0.2, 0) is 10.2 Å². The summed E-state index contributed by atoms with van der Waals surface area (Å²) in [5.74, 6) is 0. The summed E-state index contributed by atoms with van der Waals surface area (Å²) >= 11 is 0. The summed E-state index contributed by atoms with van der Waals surface area (Å²) in [4.78, 5) is 0. The fourth-order valence-corrected chi connectivity index (χ4v) is 2.20. The van der Waals surface area contributed by atoms with Gasteiger partial charge in [0.1, 0.15) is 12.6 Å². The first kappa shape index (κ1) is 15.3. The summed E-state index contributed by atoms with van der Waals surface area (Å²) < 4.78 is 61.3. The Labute approximate surface area is 108 Å². The van der Waals surface area contributed by atoms with Crippen molar-refractivity contribution in [3.05, 3.63) is 29.8 Å². The van der Waals surface area contributed by atoms with Gasteiger partial charge in [-0.05, 0) is 12.1 Å². The van der Waals surface area contributed by atoms with Crippen molar-refractivity contribution in [2.75, 3.05) is 17.9 Å². The van der Waals surface area contributed by atoms with E-state index in [1.54, 1.807) is 6.07 Å². The molecule has 0 saturated heterocycles. The Balaban J connectivity index is 2.99. The van der Waals surface area contributed by atoms with Crippen LogP contribution in [0.25, 0.3) is 0 Å². The van der Waals surface area contributed by atoms with Crippen LogP contribution in [0.15, 0.2) is 24.3 Å². The molecule has 1 aromatic rings. The van der Waals surface area contributed by atoms with E-state index in [4.69, 9.17) is 5.26 Å². The molecular formula is C10H10F3N3O2S. The largest absolute Gasteiger partial charge is 0.402 e. The van der Waals surface area contributed by atoms with E-state index >= 15 is 0 Å². The van der Waals surface area contributed by atoms with Crippen molar-refractivity contribution in [3.8, 4) is 6.07 Å². The van der Waals surface area contributed by atoms with Crippen LogP contribution in [0, 0.1) is 11.3 Å². The normalized spacial score (nSPS) is 11.9. The van der Waals surface area contributed by atoms with Gasteiger partial charge in [0.05, 0.1) is 11.3 Å². The maximum absolute atomic E-state index is 12.0. The molecule has 0 heterocycles. The summed E-state index contributed by atoms with van der Waals surface area (Å²) in [7, 11) is -3.30. The van der Waals surface area contributed by atoms with Crippen LogP contribution in [0.3, 0.4) is 0 Å². The minimum atomic E-state index is -4.65. The maximum atomic E-state index is 12.0. The Hall–Kier alpha value is -1.79. The van der Waals surface area contributed by atoms with Gasteiger partial charge in [-0.3, -0.25) is 4.31 Å². The van der Waals surface area contributed by atoms with Crippen LogP contribution in [0.4, 0.5) is 18.9 Å². The number of para-hydroxylation sites is 1. The lowest BCUT2D eigenvalue weighted by Crippen LogP contribution is -2.42. The van der Waals surface area contributed by atoms with E-state index in [0.29, 0.717) is 4.31 Å². The van der Waals surface area contributed by atoms with E-state index < -0.39 is 22.9 Å². The lowest BCUT2D eigenvalue weighted by Gasteiger charge is -2.21. The molecule has 1 aromatic carbocycles. The molecule has 0 aliphatic heterocycles. The average Bonchev–Trinajstić information content (AvgIpc) is 2.35. The fourth-order valence-electron chi connectivity index (χ4n) is 1.24. The van der Waals surface area contributed by atoms with E-state index in [-0.39, 0.29) is 11.3 Å². The summed E-state index contributed by atoms with van der Waals surface area (Å²) in [5.41, 5.74) is 0.0436. The Morgan fingerprint density at radius 3 is 2.47 bits per heavy atom. The van der Waals surface area contributed by atoms with Crippen molar-refractivity contribution < 1.29 is 21.6 Å². The molecule has 104 valence electrons. The average molecular weight is 293 g/mol. The van der Waals surface area contributed by atoms with Gasteiger partial charge in [-0.15, -0.1) is 0 Å². The van der Waals surface area contributed by atoms with Crippen molar-refractivity contribution in [2.24, 2.45) is 0 Å². The van der Waals surface area contributed by atoms with E-state index in [1.807, 2.05) is 0 Å². The van der Waals surface area contributed by atoms with E-state index in [0.717, 1.165) is 7.05 Å². The zero-order valence-corrected chi connectivity index (χ0v) is 10.6. The van der Waals surface area contributed by atoms with Crippen molar-refractivity contribution in [2.45, 2.75) is 6.18 Å². The Bertz CT molecular complexity index is 593. The molecule has 0 fully saturated rings. The molecule has 0 atom stereocenters. The van der Waals surface area contributed by atoms with Crippen LogP contribution in [0.1, 0.15) is 5.56 Å². The number of nitriles is 1. The number of hydrogen-bond acceptors (Lipinski definition) is 3. The maximum Gasteiger partial charge on any atom is 0.402 e. The monoisotopic (exact) mass is 293 g/mol. The predicted molar refractivity (Wildman–Crippen MR) is 62.5 cm³/mol. The molecule has 9 heteroatoms. The van der Waals surface area contributed by atoms with Gasteiger partial charge in [0.2, 0.25) is 0 Å². The summed E-state index contributed by atoms with van der Waals surface area (Å²) in [6, 6.07) is 7.45. The van der Waals surface area contributed by atoms with Crippen LogP contribution in [0.2, 0.25) is 0 Å². The number of nitrogens with one attached hydrogen (secondary N) is 1. The molecular weight excluding hydrogens is 283 g/mol. The zero-order chi connectivity index (χ0) is 14.7. The van der Waals surface area contributed by atoms with Crippen LogP contribution in [-0.4, -0.2) is 28.2 Å². The fraction of sp³-hybridized carbons (Fsp3) is 0.300. The summed E-state index contributed by atoms with van der Waals surface area (Å²) in [6.07, 6.45) is -4.65. The van der Waals surface area contributed by atoms with Gasteiger partial charge in [-0.25, -0.2) is 0 Å². The van der Waals surface area contributed by atoms with Gasteiger partial charge in [0, 0.05) is 7.05 Å². The van der Waals surface area contributed by atoms with Gasteiger partial charge in [0.25, 0.3) is 0 Å². The highest BCUT2D eigenvalue weighted by Gasteiger charge is 2.31. The minimum absolute atomic E-state index is 0.000301. The topological polar surface area (TPSA) is 73.2 Å². The number of halogens is 3. The highest BCUT2D eigenvalue weighted by atomic mass is 32.2. The second-order valence-electron chi connectivity index (χ2n) is 3.54. The molecule has 0 amide bonds. The van der Waals surface area contributed by atoms with E-state index in [2.05, 4.69) is 0 Å². The van der Waals surface area contributed by atoms with Crippen molar-refractivity contribution >= 4 is 15.9 Å². The van der Waals surface area contributed by atoms with Gasteiger partial charge in [-0.2, -0.15) is 31.6 Å². The SMILES string of the molecule is CN(c1ccccc1C#N)S(=O)(=O)NCC(F)(F)F. The quantitative estimate of drug-likeness (QED) is 0.911. The number of anilines is 1. The molecule has 1 rings (SSSR count). The first-order chi connectivity index (χ1) is 8.67. The lowest BCUT2D eigenvalue weighted by atomic mass is 10.2. The highest BCUT2D eigenvalue weighted by Crippen LogP contribution is 2.21. The molecule has 0 aliphatic carbocycles. The second-order valence-corrected chi connectivity index (χ2v) is 5.32. The molecule has 1 N–H and O–H groups in total. The first-order valence-electron chi connectivity index (χ1n) is 4.97. The zero-order valence-electron chi connectivity index (χ0n) is 9.77. The third-order valence-electron chi connectivity index (χ3n) is 2.18. The van der Waals surface area contributed by atoms with Gasteiger partial charge >= 0.3 is 16.4 Å². The third-order valence-corrected chi connectivity index (χ3v) is 3.61. The molecule has 0 radical (unpaired) electrons. The molecule has 19 heavy (non-hydrogen) atoms. The number of alkyl halides is 3. The number of hydrogen-bond donors (Lipinski definition) is 1. The van der Waals surface area contributed by atoms with Crippen molar-refractivity contribution in [1.29, 1.82) is 5.26 Å². The van der Waals surface area contributed by atoms with E-state index in [1.165, 1.54) is 29.0 Å². The Morgan fingerprint density at radius 1 is 1.37 bits per heavy atom. The van der Waals surface area contributed by atoms with E-state index in [9.17, 15) is 21.6 Å². The van der Waals surface area contributed by atoms with Crippen LogP contribution < -0.4 is 9.03 Å². The molecule has 0 saturated carbocycles. The molecule has 0 aromatic heterocycles. The standard InChI is InChI=1S/C10H10F3N3O2S/c1-16(9-5-3-2-4-8(9)6-14)19(17,18)15-7-10(11,12)13/h2-5,15H,7H2,1H3. The van der Waals surface area contributed by atoms with Crippen molar-refractivity contribution in [3.63, 3.8) is 0 Å². The summed E-state index contributed by atoms with van der Waals surface area (Å²) in [6.45, 7) is -1.67. The minimum Gasteiger partial charge on any atom is -0.260 e. The Kier molecular flexibility index (Phi) is 4.39. The summed E-state index contributed by atoms with van der Waals surface area (Å²) in [5, 5.41) is 8.82. The van der Waals surface area contributed by atoms with Crippen molar-refractivity contribution in [1.82, 2.24) is 4.72 Å². The molecule has 0 unspecified atom stereocenters. The number of benzene rings is 1. The molecule has 0 aliphatic rings. The smallest absolute Gasteiger partial charge is 0.260 e. The third kappa shape index (κ3) is 4.11. The van der Waals surface area contributed by atoms with Gasteiger partial charge in [0.15, 0.2) is 0 Å². The first-order valence-corrected chi connectivity index (χ1v) is 6.41. The predicted octanol–water partition coefficient (Wildman–Crippen LogP) is 1.39. The number of nitrogens with zero attached hydrogens (tertiary/aromatic N) is 2. The second kappa shape index (κ2) is 5.46. The molecule has 5 nitrogen and oxygen atoms in total. The Morgan fingerprint density at radius 2 is 1.95 bits per heavy atom. The van der Waals surface area contributed by atoms with Gasteiger partial charge in [-0.1, -0.05) is 12.1 Å². The highest BCUT2D eigenvalue weighted by molar-refractivity contribution is 7.90.